The standard InChI is InChI=1S/C17H25N5O/c1-11-8-9-15(23-11)14(22(2)3)10-19-16-12-6-4-5-7-13(12)20-17(18)21-16/h8-9,14H,4-7,10H2,1-3H3,(H3,18,19,20,21). The van der Waals surface area contributed by atoms with Gasteiger partial charge in [0.25, 0.3) is 0 Å². The zero-order valence-corrected chi connectivity index (χ0v) is 14.1. The van der Waals surface area contributed by atoms with Crippen LogP contribution in [0.3, 0.4) is 0 Å². The average Bonchev–Trinajstić information content (AvgIpc) is 2.93. The summed E-state index contributed by atoms with van der Waals surface area (Å²) in [4.78, 5) is 11.0. The molecule has 6 heteroatoms. The predicted octanol–water partition coefficient (Wildman–Crippen LogP) is 2.55. The van der Waals surface area contributed by atoms with Crippen LogP contribution in [0.25, 0.3) is 0 Å². The van der Waals surface area contributed by atoms with Gasteiger partial charge < -0.3 is 15.5 Å². The number of aryl methyl sites for hydroxylation is 2. The fourth-order valence-corrected chi connectivity index (χ4v) is 3.12. The summed E-state index contributed by atoms with van der Waals surface area (Å²) in [5.41, 5.74) is 8.19. The van der Waals surface area contributed by atoms with E-state index >= 15 is 0 Å². The van der Waals surface area contributed by atoms with Gasteiger partial charge in [0, 0.05) is 12.1 Å². The Hall–Kier alpha value is -2.08. The number of nitrogens with zero attached hydrogens (tertiary/aromatic N) is 3. The summed E-state index contributed by atoms with van der Waals surface area (Å²) >= 11 is 0. The number of hydrogen-bond acceptors (Lipinski definition) is 6. The third-order valence-electron chi connectivity index (χ3n) is 4.38. The molecule has 0 spiro atoms. The lowest BCUT2D eigenvalue weighted by Gasteiger charge is -2.25. The number of nitrogen functional groups attached to an aromatic ring is 1. The van der Waals surface area contributed by atoms with E-state index in [4.69, 9.17) is 10.2 Å². The second-order valence-electron chi connectivity index (χ2n) is 6.37. The summed E-state index contributed by atoms with van der Waals surface area (Å²) in [6.07, 6.45) is 4.37. The quantitative estimate of drug-likeness (QED) is 0.882. The normalized spacial score (nSPS) is 15.5. The highest BCUT2D eigenvalue weighted by Gasteiger charge is 2.21. The van der Waals surface area contributed by atoms with Crippen LogP contribution in [0.5, 0.6) is 0 Å². The van der Waals surface area contributed by atoms with Crippen molar-refractivity contribution in [2.24, 2.45) is 0 Å². The molecule has 0 aromatic carbocycles. The number of nitrogens with one attached hydrogen (secondary N) is 1. The summed E-state index contributed by atoms with van der Waals surface area (Å²) in [6.45, 7) is 2.67. The Morgan fingerprint density at radius 3 is 2.74 bits per heavy atom. The molecule has 124 valence electrons. The van der Waals surface area contributed by atoms with E-state index in [1.807, 2.05) is 33.2 Å². The van der Waals surface area contributed by atoms with Crippen LogP contribution in [0.1, 0.15) is 41.7 Å². The Labute approximate surface area is 137 Å². The third kappa shape index (κ3) is 3.47. The van der Waals surface area contributed by atoms with Gasteiger partial charge in [-0.15, -0.1) is 0 Å². The van der Waals surface area contributed by atoms with Gasteiger partial charge in [-0.25, -0.2) is 4.98 Å². The van der Waals surface area contributed by atoms with Crippen molar-refractivity contribution >= 4 is 11.8 Å². The molecule has 6 nitrogen and oxygen atoms in total. The number of aromatic nitrogens is 2. The van der Waals surface area contributed by atoms with Crippen molar-refractivity contribution < 1.29 is 4.42 Å². The summed E-state index contributed by atoms with van der Waals surface area (Å²) in [5, 5.41) is 3.47. The zero-order chi connectivity index (χ0) is 16.4. The molecule has 0 amide bonds. The topological polar surface area (TPSA) is 80.2 Å². The molecule has 23 heavy (non-hydrogen) atoms. The Balaban J connectivity index is 1.80. The molecule has 0 radical (unpaired) electrons. The van der Waals surface area contributed by atoms with Gasteiger partial charge >= 0.3 is 0 Å². The molecular weight excluding hydrogens is 290 g/mol. The Morgan fingerprint density at radius 1 is 1.26 bits per heavy atom. The van der Waals surface area contributed by atoms with E-state index in [-0.39, 0.29) is 6.04 Å². The van der Waals surface area contributed by atoms with Gasteiger partial charge in [-0.2, -0.15) is 4.98 Å². The summed E-state index contributed by atoms with van der Waals surface area (Å²) in [7, 11) is 4.10. The maximum Gasteiger partial charge on any atom is 0.222 e. The average molecular weight is 315 g/mol. The van der Waals surface area contributed by atoms with Crippen LogP contribution in [0.2, 0.25) is 0 Å². The Morgan fingerprint density at radius 2 is 2.04 bits per heavy atom. The first-order valence-corrected chi connectivity index (χ1v) is 8.16. The maximum atomic E-state index is 5.87. The number of fused-ring (bicyclic) bond motifs is 1. The highest BCUT2D eigenvalue weighted by atomic mass is 16.3. The minimum Gasteiger partial charge on any atom is -0.465 e. The molecule has 2 aromatic heterocycles. The van der Waals surface area contributed by atoms with Crippen molar-refractivity contribution in [3.63, 3.8) is 0 Å². The van der Waals surface area contributed by atoms with Crippen molar-refractivity contribution in [1.29, 1.82) is 0 Å². The maximum absolute atomic E-state index is 5.87. The van der Waals surface area contributed by atoms with Gasteiger partial charge in [-0.1, -0.05) is 0 Å². The third-order valence-corrected chi connectivity index (χ3v) is 4.38. The molecule has 1 aliphatic rings. The molecule has 0 bridgehead atoms. The van der Waals surface area contributed by atoms with E-state index in [9.17, 15) is 0 Å². The van der Waals surface area contributed by atoms with Gasteiger partial charge in [-0.3, -0.25) is 4.90 Å². The molecule has 3 N–H and O–H groups in total. The van der Waals surface area contributed by atoms with Gasteiger partial charge in [0.15, 0.2) is 0 Å². The number of hydrogen-bond donors (Lipinski definition) is 2. The van der Waals surface area contributed by atoms with E-state index in [0.717, 1.165) is 35.9 Å². The second-order valence-corrected chi connectivity index (χ2v) is 6.37. The zero-order valence-electron chi connectivity index (χ0n) is 14.1. The lowest BCUT2D eigenvalue weighted by Crippen LogP contribution is -2.27. The summed E-state index contributed by atoms with van der Waals surface area (Å²) in [6, 6.07) is 4.17. The molecule has 0 aliphatic heterocycles. The van der Waals surface area contributed by atoms with Gasteiger partial charge in [0.2, 0.25) is 5.95 Å². The molecule has 1 unspecified atom stereocenters. The molecule has 0 saturated heterocycles. The van der Waals surface area contributed by atoms with Crippen molar-refractivity contribution in [2.45, 2.75) is 38.6 Å². The van der Waals surface area contributed by atoms with E-state index in [1.54, 1.807) is 0 Å². The molecule has 2 aromatic rings. The van der Waals surface area contributed by atoms with Crippen LogP contribution in [0, 0.1) is 6.92 Å². The van der Waals surface area contributed by atoms with E-state index in [2.05, 4.69) is 20.2 Å². The van der Waals surface area contributed by atoms with Gasteiger partial charge in [0.05, 0.1) is 11.7 Å². The highest BCUT2D eigenvalue weighted by Crippen LogP contribution is 2.27. The van der Waals surface area contributed by atoms with Crippen molar-refractivity contribution in [2.75, 3.05) is 31.7 Å². The smallest absolute Gasteiger partial charge is 0.222 e. The van der Waals surface area contributed by atoms with Crippen molar-refractivity contribution in [1.82, 2.24) is 14.9 Å². The lowest BCUT2D eigenvalue weighted by molar-refractivity contribution is 0.266. The number of furan rings is 1. The first-order chi connectivity index (χ1) is 11.0. The minimum atomic E-state index is 0.138. The fraction of sp³-hybridized carbons (Fsp3) is 0.529. The largest absolute Gasteiger partial charge is 0.465 e. The van der Waals surface area contributed by atoms with Crippen molar-refractivity contribution in [3.8, 4) is 0 Å². The number of likely N-dealkylation sites (N-methyl/N-ethyl adjacent to an activating group) is 1. The fourth-order valence-electron chi connectivity index (χ4n) is 3.12. The number of anilines is 2. The Bertz CT molecular complexity index is 680. The Kier molecular flexibility index (Phi) is 4.52. The van der Waals surface area contributed by atoms with Crippen LogP contribution in [-0.4, -0.2) is 35.5 Å². The molecule has 0 fully saturated rings. The van der Waals surface area contributed by atoms with E-state index in [0.29, 0.717) is 12.5 Å². The second kappa shape index (κ2) is 6.58. The van der Waals surface area contributed by atoms with Crippen LogP contribution < -0.4 is 11.1 Å². The lowest BCUT2D eigenvalue weighted by atomic mass is 9.96. The first kappa shape index (κ1) is 15.8. The molecule has 0 saturated carbocycles. The number of nitrogens with two attached hydrogens (primary N) is 1. The molecular formula is C17H25N5O. The highest BCUT2D eigenvalue weighted by molar-refractivity contribution is 5.50. The van der Waals surface area contributed by atoms with Crippen LogP contribution in [0.4, 0.5) is 11.8 Å². The predicted molar refractivity (Wildman–Crippen MR) is 91.4 cm³/mol. The monoisotopic (exact) mass is 315 g/mol. The molecule has 2 heterocycles. The van der Waals surface area contributed by atoms with Crippen LogP contribution >= 0.6 is 0 Å². The molecule has 1 aliphatic carbocycles. The van der Waals surface area contributed by atoms with Gasteiger partial charge in [0.1, 0.15) is 17.3 Å². The summed E-state index contributed by atoms with van der Waals surface area (Å²) in [5.74, 6) is 3.11. The summed E-state index contributed by atoms with van der Waals surface area (Å²) < 4.78 is 5.79. The van der Waals surface area contributed by atoms with Crippen molar-refractivity contribution in [3.05, 3.63) is 34.9 Å². The first-order valence-electron chi connectivity index (χ1n) is 8.16. The SMILES string of the molecule is Cc1ccc(C(CNc2nc(N)nc3c2CCCC3)N(C)C)o1. The van der Waals surface area contributed by atoms with E-state index in [1.165, 1.54) is 18.4 Å². The minimum absolute atomic E-state index is 0.138. The molecule has 3 rings (SSSR count). The number of rotatable bonds is 5. The molecule has 1 atom stereocenters. The van der Waals surface area contributed by atoms with E-state index < -0.39 is 0 Å². The van der Waals surface area contributed by atoms with Crippen LogP contribution in [0.15, 0.2) is 16.5 Å². The van der Waals surface area contributed by atoms with Gasteiger partial charge in [-0.05, 0) is 58.8 Å². The van der Waals surface area contributed by atoms with Crippen LogP contribution in [-0.2, 0) is 12.8 Å².